The van der Waals surface area contributed by atoms with Crippen LogP contribution in [-0.2, 0) is 41.6 Å². The fraction of sp³-hybridized carbons (Fsp3) is 0.609. The van der Waals surface area contributed by atoms with Gasteiger partial charge in [0.15, 0.2) is 18.7 Å². The van der Waals surface area contributed by atoms with E-state index in [1.807, 2.05) is 24.3 Å². The van der Waals surface area contributed by atoms with Crippen molar-refractivity contribution in [3.8, 4) is 5.69 Å². The van der Waals surface area contributed by atoms with E-state index in [-0.39, 0.29) is 12.8 Å². The standard InChI is InChI=1S/C23H32N4O8/c1-31-20-18(28)19(29)23(32-2)35-21(20)22(30)24-11-14-6-8-16(9-7-14)27-12-15(25-26-27)13-34-17-5-3-4-10-33-17/h6-9,12,17-21,23,28-29H,3-5,10-11,13H2,1-2H3,(H,24,30)/t17?,18-,19+,20+,21?,23-/m1/s1. The molecule has 1 amide bonds. The summed E-state index contributed by atoms with van der Waals surface area (Å²) < 4.78 is 28.7. The van der Waals surface area contributed by atoms with E-state index in [9.17, 15) is 15.0 Å². The number of amides is 1. The Morgan fingerprint density at radius 2 is 1.97 bits per heavy atom. The Morgan fingerprint density at radius 3 is 2.66 bits per heavy atom. The summed E-state index contributed by atoms with van der Waals surface area (Å²) in [5, 5.41) is 31.3. The summed E-state index contributed by atoms with van der Waals surface area (Å²) in [6, 6.07) is 7.44. The molecule has 0 aliphatic carbocycles. The minimum Gasteiger partial charge on any atom is -0.387 e. The smallest absolute Gasteiger partial charge is 0.252 e. The van der Waals surface area contributed by atoms with Crippen molar-refractivity contribution in [2.45, 2.75) is 69.4 Å². The number of carbonyl (C=O) groups is 1. The first kappa shape index (κ1) is 25.6. The van der Waals surface area contributed by atoms with Crippen LogP contribution in [0.5, 0.6) is 0 Å². The molecular weight excluding hydrogens is 460 g/mol. The Morgan fingerprint density at radius 1 is 1.17 bits per heavy atom. The zero-order valence-electron chi connectivity index (χ0n) is 19.8. The number of nitrogens with zero attached hydrogens (tertiary/aromatic N) is 3. The third kappa shape index (κ3) is 6.22. The van der Waals surface area contributed by atoms with E-state index in [2.05, 4.69) is 15.6 Å². The molecule has 2 saturated heterocycles. The monoisotopic (exact) mass is 492 g/mol. The molecule has 2 aromatic rings. The van der Waals surface area contributed by atoms with Gasteiger partial charge in [-0.15, -0.1) is 5.10 Å². The van der Waals surface area contributed by atoms with Gasteiger partial charge in [0.1, 0.15) is 24.0 Å². The maximum Gasteiger partial charge on any atom is 0.252 e. The number of hydrogen-bond acceptors (Lipinski definition) is 10. The van der Waals surface area contributed by atoms with Gasteiger partial charge in [0.2, 0.25) is 0 Å². The highest BCUT2D eigenvalue weighted by molar-refractivity contribution is 5.81. The van der Waals surface area contributed by atoms with E-state index in [1.54, 1.807) is 10.9 Å². The second-order valence-electron chi connectivity index (χ2n) is 8.49. The first-order valence-electron chi connectivity index (χ1n) is 11.6. The highest BCUT2D eigenvalue weighted by Gasteiger charge is 2.48. The second-order valence-corrected chi connectivity index (χ2v) is 8.49. The molecule has 1 aromatic heterocycles. The lowest BCUT2D eigenvalue weighted by Gasteiger charge is -2.40. The molecule has 3 N–H and O–H groups in total. The number of aromatic nitrogens is 3. The highest BCUT2D eigenvalue weighted by atomic mass is 16.7. The highest BCUT2D eigenvalue weighted by Crippen LogP contribution is 2.24. The zero-order chi connectivity index (χ0) is 24.8. The average Bonchev–Trinajstić information content (AvgIpc) is 3.37. The number of aliphatic hydroxyl groups is 2. The maximum absolute atomic E-state index is 12.7. The number of nitrogens with one attached hydrogen (secondary N) is 1. The number of hydrogen-bond donors (Lipinski definition) is 3. The maximum atomic E-state index is 12.7. The van der Waals surface area contributed by atoms with Crippen LogP contribution in [0.15, 0.2) is 30.5 Å². The van der Waals surface area contributed by atoms with Crippen molar-refractivity contribution in [1.82, 2.24) is 20.3 Å². The third-order valence-electron chi connectivity index (χ3n) is 6.07. The molecule has 2 fully saturated rings. The summed E-state index contributed by atoms with van der Waals surface area (Å²) >= 11 is 0. The number of benzene rings is 1. The minimum atomic E-state index is -1.33. The molecule has 0 radical (unpaired) electrons. The number of rotatable bonds is 9. The Hall–Kier alpha value is -2.45. The Balaban J connectivity index is 1.30. The molecule has 192 valence electrons. The van der Waals surface area contributed by atoms with Gasteiger partial charge in [0.25, 0.3) is 5.91 Å². The molecule has 2 aliphatic heterocycles. The van der Waals surface area contributed by atoms with Crippen LogP contribution in [0.3, 0.4) is 0 Å². The minimum absolute atomic E-state index is 0.185. The number of methoxy groups -OCH3 is 2. The lowest BCUT2D eigenvalue weighted by molar-refractivity contribution is -0.287. The molecule has 4 rings (SSSR count). The summed E-state index contributed by atoms with van der Waals surface area (Å²) in [5.41, 5.74) is 2.36. The van der Waals surface area contributed by atoms with E-state index in [0.29, 0.717) is 12.3 Å². The van der Waals surface area contributed by atoms with Gasteiger partial charge >= 0.3 is 0 Å². The molecule has 12 heteroatoms. The van der Waals surface area contributed by atoms with Crippen molar-refractivity contribution in [2.24, 2.45) is 0 Å². The van der Waals surface area contributed by atoms with Crippen molar-refractivity contribution in [3.05, 3.63) is 41.7 Å². The Labute approximate surface area is 203 Å². The van der Waals surface area contributed by atoms with Crippen LogP contribution >= 0.6 is 0 Å². The zero-order valence-corrected chi connectivity index (χ0v) is 19.8. The van der Waals surface area contributed by atoms with Crippen molar-refractivity contribution < 1.29 is 38.7 Å². The molecule has 12 nitrogen and oxygen atoms in total. The van der Waals surface area contributed by atoms with Gasteiger partial charge in [-0.25, -0.2) is 4.68 Å². The second kappa shape index (κ2) is 12.0. The predicted molar refractivity (Wildman–Crippen MR) is 120 cm³/mol. The Kier molecular flexibility index (Phi) is 8.78. The molecule has 2 aliphatic rings. The molecule has 6 atom stereocenters. The number of aliphatic hydroxyl groups excluding tert-OH is 2. The van der Waals surface area contributed by atoms with Crippen molar-refractivity contribution >= 4 is 5.91 Å². The molecule has 0 bridgehead atoms. The largest absolute Gasteiger partial charge is 0.387 e. The van der Waals surface area contributed by atoms with E-state index < -0.39 is 36.6 Å². The summed E-state index contributed by atoms with van der Waals surface area (Å²) in [6.45, 7) is 1.28. The summed E-state index contributed by atoms with van der Waals surface area (Å²) in [5.74, 6) is -0.489. The molecule has 2 unspecified atom stereocenters. The van der Waals surface area contributed by atoms with Crippen LogP contribution in [0.2, 0.25) is 0 Å². The van der Waals surface area contributed by atoms with Crippen LogP contribution in [0.25, 0.3) is 5.69 Å². The molecule has 0 spiro atoms. The van der Waals surface area contributed by atoms with Crippen molar-refractivity contribution in [2.75, 3.05) is 20.8 Å². The van der Waals surface area contributed by atoms with Gasteiger partial charge in [-0.1, -0.05) is 17.3 Å². The van der Waals surface area contributed by atoms with Gasteiger partial charge < -0.3 is 39.2 Å². The van der Waals surface area contributed by atoms with E-state index in [1.165, 1.54) is 14.2 Å². The topological polar surface area (TPSA) is 146 Å². The van der Waals surface area contributed by atoms with Crippen molar-refractivity contribution in [3.63, 3.8) is 0 Å². The van der Waals surface area contributed by atoms with E-state index in [0.717, 1.165) is 37.1 Å². The summed E-state index contributed by atoms with van der Waals surface area (Å²) in [7, 11) is 2.65. The van der Waals surface area contributed by atoms with Crippen LogP contribution in [0, 0.1) is 0 Å². The van der Waals surface area contributed by atoms with E-state index >= 15 is 0 Å². The van der Waals surface area contributed by atoms with Crippen LogP contribution < -0.4 is 5.32 Å². The van der Waals surface area contributed by atoms with Crippen LogP contribution in [0.1, 0.15) is 30.5 Å². The average molecular weight is 493 g/mol. The van der Waals surface area contributed by atoms with Gasteiger partial charge in [-0.2, -0.15) is 0 Å². The molecule has 1 aromatic carbocycles. The van der Waals surface area contributed by atoms with Crippen LogP contribution in [0.4, 0.5) is 0 Å². The lowest BCUT2D eigenvalue weighted by Crippen LogP contribution is -2.62. The Bertz CT molecular complexity index is 949. The van der Waals surface area contributed by atoms with Crippen molar-refractivity contribution in [1.29, 1.82) is 0 Å². The molecule has 35 heavy (non-hydrogen) atoms. The normalized spacial score (nSPS) is 29.1. The summed E-state index contributed by atoms with van der Waals surface area (Å²) in [6.07, 6.45) is -1.30. The van der Waals surface area contributed by atoms with Gasteiger partial charge in [0.05, 0.1) is 18.5 Å². The lowest BCUT2D eigenvalue weighted by atomic mass is 9.98. The quantitative estimate of drug-likeness (QED) is 0.438. The van der Waals surface area contributed by atoms with Crippen LogP contribution in [-0.4, -0.2) is 88.9 Å². The fourth-order valence-corrected chi connectivity index (χ4v) is 4.07. The fourth-order valence-electron chi connectivity index (χ4n) is 4.07. The predicted octanol–water partition coefficient (Wildman–Crippen LogP) is 0.0348. The van der Waals surface area contributed by atoms with Gasteiger partial charge in [-0.05, 0) is 37.0 Å². The SMILES string of the molecule is CO[C@@H]1OC(C(=O)NCc2ccc(-n3cc(COC4CCCCO4)nn3)cc2)[C@@H](OC)[C@H](O)[C@@H]1O. The van der Waals surface area contributed by atoms with E-state index in [4.69, 9.17) is 23.7 Å². The molecular formula is C23H32N4O8. The van der Waals surface area contributed by atoms with Gasteiger partial charge in [0, 0.05) is 27.4 Å². The molecule has 3 heterocycles. The van der Waals surface area contributed by atoms with Gasteiger partial charge in [-0.3, -0.25) is 4.79 Å². The molecule has 0 saturated carbocycles. The first-order chi connectivity index (χ1) is 17.0. The number of carbonyl (C=O) groups excluding carboxylic acids is 1. The number of ether oxygens (including phenoxy) is 5. The first-order valence-corrected chi connectivity index (χ1v) is 11.6. The summed E-state index contributed by atoms with van der Waals surface area (Å²) in [4.78, 5) is 12.7. The third-order valence-corrected chi connectivity index (χ3v) is 6.07.